The molecule has 0 unspecified atom stereocenters. The third-order valence-electron chi connectivity index (χ3n) is 6.26. The molecule has 0 fully saturated rings. The van der Waals surface area contributed by atoms with Crippen LogP contribution < -0.4 is 9.73 Å². The van der Waals surface area contributed by atoms with Gasteiger partial charge in [0.2, 0.25) is 0 Å². The number of rotatable bonds is 7. The Morgan fingerprint density at radius 2 is 1.53 bits per heavy atom. The molecule has 6 nitrogen and oxygen atoms in total. The molecule has 3 rings (SSSR count). The van der Waals surface area contributed by atoms with E-state index in [1.165, 1.54) is 5.56 Å². The second kappa shape index (κ2) is 10.7. The maximum atomic E-state index is 13.6. The number of nitrogens with one attached hydrogen (secondary N) is 1. The number of benzene rings is 3. The van der Waals surface area contributed by atoms with Crippen LogP contribution in [-0.4, -0.2) is 26.6 Å². The molecule has 0 saturated heterocycles. The van der Waals surface area contributed by atoms with Crippen molar-refractivity contribution in [3.63, 3.8) is 0 Å². The van der Waals surface area contributed by atoms with Gasteiger partial charge in [0.25, 0.3) is 15.9 Å². The molecule has 1 N–H and O–H groups in total. The normalized spacial score (nSPS) is 12.4. The number of hydrazone groups is 1. The number of nitrogens with zero attached hydrogens (tertiary/aromatic N) is 2. The van der Waals surface area contributed by atoms with E-state index in [1.807, 2.05) is 51.1 Å². The molecule has 36 heavy (non-hydrogen) atoms. The molecule has 0 aliphatic rings. The minimum Gasteiger partial charge on any atom is -0.271 e. The molecule has 0 aliphatic carbocycles. The smallest absolute Gasteiger partial charge is 0.264 e. The van der Waals surface area contributed by atoms with Gasteiger partial charge in [-0.25, -0.2) is 13.8 Å². The number of amides is 1. The Hall–Kier alpha value is -3.45. The second-order valence-corrected chi connectivity index (χ2v) is 12.0. The number of hydrogen-bond acceptors (Lipinski definition) is 4. The molecule has 0 saturated carbocycles. The lowest BCUT2D eigenvalue weighted by molar-refractivity contribution is -0.119. The van der Waals surface area contributed by atoms with Gasteiger partial charge in [0.15, 0.2) is 0 Å². The van der Waals surface area contributed by atoms with Crippen molar-refractivity contribution in [3.05, 3.63) is 94.5 Å². The Balaban J connectivity index is 1.88. The standard InChI is InChI=1S/C29H35N3O3S/c1-20-11-17-26(18-12-20)36(34,35)32(27-10-8-9-21(2)22(27)3)19-28(33)31-30-23(4)24-13-15-25(16-14-24)29(5,6)7/h8-18H,19H2,1-7H3,(H,31,33)/b30-23-. The molecule has 3 aromatic carbocycles. The number of sulfonamides is 1. The van der Waals surface area contributed by atoms with Gasteiger partial charge in [-0.3, -0.25) is 9.10 Å². The Morgan fingerprint density at radius 1 is 0.917 bits per heavy atom. The molecule has 0 aliphatic heterocycles. The Labute approximate surface area is 215 Å². The minimum absolute atomic E-state index is 0.0398. The lowest BCUT2D eigenvalue weighted by atomic mass is 9.86. The number of hydrogen-bond donors (Lipinski definition) is 1. The summed E-state index contributed by atoms with van der Waals surface area (Å²) in [5.41, 5.74) is 8.42. The van der Waals surface area contributed by atoms with E-state index >= 15 is 0 Å². The molecule has 190 valence electrons. The van der Waals surface area contributed by atoms with Gasteiger partial charge >= 0.3 is 0 Å². The fourth-order valence-electron chi connectivity index (χ4n) is 3.73. The van der Waals surface area contributed by atoms with Crippen molar-refractivity contribution in [1.29, 1.82) is 0 Å². The van der Waals surface area contributed by atoms with E-state index in [2.05, 4.69) is 31.3 Å². The summed E-state index contributed by atoms with van der Waals surface area (Å²) >= 11 is 0. The van der Waals surface area contributed by atoms with Crippen LogP contribution in [0.15, 0.2) is 76.7 Å². The molecule has 0 spiro atoms. The van der Waals surface area contributed by atoms with Crippen molar-refractivity contribution in [1.82, 2.24) is 5.43 Å². The first-order chi connectivity index (χ1) is 16.8. The highest BCUT2D eigenvalue weighted by molar-refractivity contribution is 7.92. The van der Waals surface area contributed by atoms with Gasteiger partial charge in [-0.1, -0.05) is 74.9 Å². The van der Waals surface area contributed by atoms with E-state index in [1.54, 1.807) is 43.3 Å². The van der Waals surface area contributed by atoms with E-state index in [0.717, 1.165) is 26.6 Å². The first kappa shape index (κ1) is 27.1. The van der Waals surface area contributed by atoms with Crippen LogP contribution in [0.25, 0.3) is 0 Å². The van der Waals surface area contributed by atoms with Crippen LogP contribution in [0.3, 0.4) is 0 Å². The predicted molar refractivity (Wildman–Crippen MR) is 147 cm³/mol. The number of anilines is 1. The first-order valence-corrected chi connectivity index (χ1v) is 13.3. The Kier molecular flexibility index (Phi) is 8.04. The van der Waals surface area contributed by atoms with E-state index in [0.29, 0.717) is 11.4 Å². The molecule has 7 heteroatoms. The molecule has 0 bridgehead atoms. The molecular weight excluding hydrogens is 470 g/mol. The Morgan fingerprint density at radius 3 is 2.11 bits per heavy atom. The predicted octanol–water partition coefficient (Wildman–Crippen LogP) is 5.65. The van der Waals surface area contributed by atoms with Gasteiger partial charge in [-0.15, -0.1) is 0 Å². The van der Waals surface area contributed by atoms with Crippen molar-refractivity contribution in [2.75, 3.05) is 10.8 Å². The quantitative estimate of drug-likeness (QED) is 0.333. The largest absolute Gasteiger partial charge is 0.271 e. The lowest BCUT2D eigenvalue weighted by Crippen LogP contribution is -2.40. The summed E-state index contributed by atoms with van der Waals surface area (Å²) in [6, 6.07) is 20.1. The maximum Gasteiger partial charge on any atom is 0.264 e. The number of aryl methyl sites for hydroxylation is 2. The van der Waals surface area contributed by atoms with E-state index in [-0.39, 0.29) is 10.3 Å². The minimum atomic E-state index is -3.99. The summed E-state index contributed by atoms with van der Waals surface area (Å²) in [6.45, 7) is 13.5. The maximum absolute atomic E-state index is 13.6. The van der Waals surface area contributed by atoms with Crippen LogP contribution >= 0.6 is 0 Å². The summed E-state index contributed by atoms with van der Waals surface area (Å²) in [5.74, 6) is -0.530. The van der Waals surface area contributed by atoms with Gasteiger partial charge in [-0.05, 0) is 73.6 Å². The fourth-order valence-corrected chi connectivity index (χ4v) is 5.21. The van der Waals surface area contributed by atoms with Gasteiger partial charge in [0.05, 0.1) is 16.3 Å². The van der Waals surface area contributed by atoms with Crippen molar-refractivity contribution < 1.29 is 13.2 Å². The zero-order valence-corrected chi connectivity index (χ0v) is 22.9. The molecular formula is C29H35N3O3S. The molecule has 0 heterocycles. The van der Waals surface area contributed by atoms with Crippen molar-refractivity contribution in [3.8, 4) is 0 Å². The first-order valence-electron chi connectivity index (χ1n) is 11.9. The van der Waals surface area contributed by atoms with Crippen molar-refractivity contribution in [2.24, 2.45) is 5.10 Å². The van der Waals surface area contributed by atoms with Crippen LogP contribution in [-0.2, 0) is 20.2 Å². The number of carbonyl (C=O) groups is 1. The summed E-state index contributed by atoms with van der Waals surface area (Å²) in [6.07, 6.45) is 0. The topological polar surface area (TPSA) is 78.8 Å². The van der Waals surface area contributed by atoms with E-state index < -0.39 is 22.5 Å². The SMILES string of the molecule is C/C(=N/NC(=O)CN(c1cccc(C)c1C)S(=O)(=O)c1ccc(C)cc1)c1ccc(C(C)(C)C)cc1. The average molecular weight is 506 g/mol. The fraction of sp³-hybridized carbons (Fsp3) is 0.310. The summed E-state index contributed by atoms with van der Waals surface area (Å²) in [5, 5.41) is 4.23. The summed E-state index contributed by atoms with van der Waals surface area (Å²) in [7, 11) is -3.99. The van der Waals surface area contributed by atoms with Crippen molar-refractivity contribution >= 4 is 27.3 Å². The van der Waals surface area contributed by atoms with Crippen LogP contribution in [0.1, 0.15) is 55.5 Å². The third-order valence-corrected chi connectivity index (χ3v) is 8.03. The van der Waals surface area contributed by atoms with Gasteiger partial charge in [0.1, 0.15) is 6.54 Å². The van der Waals surface area contributed by atoms with Gasteiger partial charge in [0, 0.05) is 0 Å². The average Bonchev–Trinajstić information content (AvgIpc) is 2.82. The monoisotopic (exact) mass is 505 g/mol. The van der Waals surface area contributed by atoms with Crippen LogP contribution in [0.4, 0.5) is 5.69 Å². The van der Waals surface area contributed by atoms with E-state index in [4.69, 9.17) is 0 Å². The van der Waals surface area contributed by atoms with Crippen LogP contribution in [0.5, 0.6) is 0 Å². The highest BCUT2D eigenvalue weighted by Crippen LogP contribution is 2.28. The zero-order valence-electron chi connectivity index (χ0n) is 22.1. The molecule has 0 atom stereocenters. The summed E-state index contributed by atoms with van der Waals surface area (Å²) in [4.78, 5) is 13.1. The van der Waals surface area contributed by atoms with Gasteiger partial charge in [-0.2, -0.15) is 5.10 Å². The van der Waals surface area contributed by atoms with Gasteiger partial charge < -0.3 is 0 Å². The molecule has 0 aromatic heterocycles. The Bertz CT molecular complexity index is 1370. The number of carbonyl (C=O) groups excluding carboxylic acids is 1. The highest BCUT2D eigenvalue weighted by Gasteiger charge is 2.28. The molecule has 3 aromatic rings. The van der Waals surface area contributed by atoms with E-state index in [9.17, 15) is 13.2 Å². The third kappa shape index (κ3) is 6.21. The zero-order chi connectivity index (χ0) is 26.7. The lowest BCUT2D eigenvalue weighted by Gasteiger charge is -2.26. The van der Waals surface area contributed by atoms with Crippen molar-refractivity contribution in [2.45, 2.75) is 58.8 Å². The van der Waals surface area contributed by atoms with Crippen LogP contribution in [0, 0.1) is 20.8 Å². The highest BCUT2D eigenvalue weighted by atomic mass is 32.2. The second-order valence-electron chi connectivity index (χ2n) is 10.1. The molecule has 0 radical (unpaired) electrons. The summed E-state index contributed by atoms with van der Waals surface area (Å²) < 4.78 is 28.4. The molecule has 1 amide bonds. The van der Waals surface area contributed by atoms with Crippen LogP contribution in [0.2, 0.25) is 0 Å².